The van der Waals surface area contributed by atoms with Gasteiger partial charge in [0.1, 0.15) is 11.6 Å². The predicted molar refractivity (Wildman–Crippen MR) is 62.9 cm³/mol. The molecule has 0 unspecified atom stereocenters. The first-order chi connectivity index (χ1) is 7.84. The number of rotatable bonds is 4. The Morgan fingerprint density at radius 3 is 2.75 bits per heavy atom. The Balaban J connectivity index is 1.82. The van der Waals surface area contributed by atoms with Gasteiger partial charge >= 0.3 is 0 Å². The van der Waals surface area contributed by atoms with Gasteiger partial charge in [-0.2, -0.15) is 0 Å². The van der Waals surface area contributed by atoms with E-state index in [2.05, 4.69) is 20.5 Å². The molecule has 0 aromatic carbocycles. The van der Waals surface area contributed by atoms with Crippen molar-refractivity contribution in [1.82, 2.24) is 15.2 Å². The van der Waals surface area contributed by atoms with Crippen LogP contribution in [-0.4, -0.2) is 21.7 Å². The maximum atomic E-state index is 5.44. The lowest BCUT2D eigenvalue weighted by Gasteiger charge is -2.04. The first-order valence-corrected chi connectivity index (χ1v) is 5.07. The van der Waals surface area contributed by atoms with Crippen molar-refractivity contribution < 1.29 is 0 Å². The number of anilines is 2. The summed E-state index contributed by atoms with van der Waals surface area (Å²) < 4.78 is 0. The second-order valence-corrected chi connectivity index (χ2v) is 3.34. The van der Waals surface area contributed by atoms with Crippen molar-refractivity contribution >= 4 is 11.6 Å². The van der Waals surface area contributed by atoms with Gasteiger partial charge in [0.05, 0.1) is 0 Å². The highest BCUT2D eigenvalue weighted by Gasteiger charge is 1.95. The fourth-order valence-electron chi connectivity index (χ4n) is 1.30. The first-order valence-electron chi connectivity index (χ1n) is 5.07. The molecule has 2 aromatic heterocycles. The maximum absolute atomic E-state index is 5.44. The van der Waals surface area contributed by atoms with E-state index in [0.29, 0.717) is 5.82 Å². The summed E-state index contributed by atoms with van der Waals surface area (Å²) in [6.45, 7) is 0.773. The van der Waals surface area contributed by atoms with Crippen LogP contribution in [0.15, 0.2) is 36.5 Å². The third kappa shape index (κ3) is 2.91. The summed E-state index contributed by atoms with van der Waals surface area (Å²) in [5, 5.41) is 10.8. The molecule has 0 saturated carbocycles. The highest BCUT2D eigenvalue weighted by Crippen LogP contribution is 2.02. The molecule has 0 spiro atoms. The number of nitrogens with two attached hydrogens (primary N) is 1. The van der Waals surface area contributed by atoms with Gasteiger partial charge in [-0.25, -0.2) is 0 Å². The van der Waals surface area contributed by atoms with Gasteiger partial charge in [-0.15, -0.1) is 10.2 Å². The van der Waals surface area contributed by atoms with Gasteiger partial charge in [0.2, 0.25) is 0 Å². The number of nitrogens with zero attached hydrogens (tertiary/aromatic N) is 3. The van der Waals surface area contributed by atoms with E-state index in [4.69, 9.17) is 5.73 Å². The molecule has 0 atom stereocenters. The number of aromatic nitrogens is 3. The average molecular weight is 215 g/mol. The lowest BCUT2D eigenvalue weighted by molar-refractivity contribution is 0.937. The summed E-state index contributed by atoms with van der Waals surface area (Å²) >= 11 is 0. The number of hydrogen-bond acceptors (Lipinski definition) is 5. The van der Waals surface area contributed by atoms with Crippen molar-refractivity contribution in [2.45, 2.75) is 6.42 Å². The van der Waals surface area contributed by atoms with Crippen LogP contribution in [0.1, 0.15) is 5.69 Å². The van der Waals surface area contributed by atoms with Crippen LogP contribution in [0.2, 0.25) is 0 Å². The molecule has 82 valence electrons. The molecule has 0 fully saturated rings. The van der Waals surface area contributed by atoms with Gasteiger partial charge in [0.15, 0.2) is 0 Å². The molecule has 2 aromatic rings. The standard InChI is InChI=1S/C11H13N5/c12-10-4-5-11(16-15-10)14-8-6-9-3-1-2-7-13-9/h1-5,7H,6,8H2,(H2,12,15)(H,14,16). The van der Waals surface area contributed by atoms with Crippen molar-refractivity contribution in [3.63, 3.8) is 0 Å². The van der Waals surface area contributed by atoms with E-state index in [9.17, 15) is 0 Å². The topological polar surface area (TPSA) is 76.7 Å². The molecule has 0 bridgehead atoms. The number of pyridine rings is 1. The van der Waals surface area contributed by atoms with E-state index in [0.717, 1.165) is 24.5 Å². The summed E-state index contributed by atoms with van der Waals surface area (Å²) in [7, 11) is 0. The molecule has 5 heteroatoms. The molecule has 3 N–H and O–H groups in total. The van der Waals surface area contributed by atoms with Crippen molar-refractivity contribution in [1.29, 1.82) is 0 Å². The maximum Gasteiger partial charge on any atom is 0.148 e. The molecule has 16 heavy (non-hydrogen) atoms. The largest absolute Gasteiger partial charge is 0.382 e. The average Bonchev–Trinajstić information content (AvgIpc) is 2.33. The molecule has 0 amide bonds. The monoisotopic (exact) mass is 215 g/mol. The number of nitrogens with one attached hydrogen (secondary N) is 1. The van der Waals surface area contributed by atoms with Gasteiger partial charge in [0, 0.05) is 24.9 Å². The minimum absolute atomic E-state index is 0.426. The molecule has 5 nitrogen and oxygen atoms in total. The molecule has 0 saturated heterocycles. The van der Waals surface area contributed by atoms with Crippen molar-refractivity contribution in [3.05, 3.63) is 42.2 Å². The van der Waals surface area contributed by atoms with Crippen LogP contribution in [0.25, 0.3) is 0 Å². The smallest absolute Gasteiger partial charge is 0.148 e. The lowest BCUT2D eigenvalue weighted by Crippen LogP contribution is -2.08. The van der Waals surface area contributed by atoms with Gasteiger partial charge < -0.3 is 11.1 Å². The van der Waals surface area contributed by atoms with Crippen LogP contribution in [0.3, 0.4) is 0 Å². The fraction of sp³-hybridized carbons (Fsp3) is 0.182. The SMILES string of the molecule is Nc1ccc(NCCc2ccccn2)nn1. The van der Waals surface area contributed by atoms with Gasteiger partial charge in [-0.1, -0.05) is 6.07 Å². The van der Waals surface area contributed by atoms with E-state index in [1.807, 2.05) is 18.2 Å². The molecule has 0 aliphatic carbocycles. The van der Waals surface area contributed by atoms with E-state index in [-0.39, 0.29) is 0 Å². The van der Waals surface area contributed by atoms with Crippen molar-refractivity contribution in [2.24, 2.45) is 0 Å². The van der Waals surface area contributed by atoms with Crippen LogP contribution >= 0.6 is 0 Å². The van der Waals surface area contributed by atoms with Crippen LogP contribution in [0, 0.1) is 0 Å². The Morgan fingerprint density at radius 1 is 1.12 bits per heavy atom. The number of nitrogen functional groups attached to an aromatic ring is 1. The van der Waals surface area contributed by atoms with E-state index in [1.54, 1.807) is 18.3 Å². The van der Waals surface area contributed by atoms with Crippen molar-refractivity contribution in [2.75, 3.05) is 17.6 Å². The summed E-state index contributed by atoms with van der Waals surface area (Å²) in [5.74, 6) is 1.15. The van der Waals surface area contributed by atoms with Crippen molar-refractivity contribution in [3.8, 4) is 0 Å². The summed E-state index contributed by atoms with van der Waals surface area (Å²) in [5.41, 5.74) is 6.49. The Bertz CT molecular complexity index is 426. The quantitative estimate of drug-likeness (QED) is 0.798. The zero-order valence-corrected chi connectivity index (χ0v) is 8.80. The van der Waals surface area contributed by atoms with Gasteiger partial charge in [-0.3, -0.25) is 4.98 Å². The minimum atomic E-state index is 0.426. The third-order valence-electron chi connectivity index (χ3n) is 2.10. The normalized spacial score (nSPS) is 10.0. The molecule has 2 rings (SSSR count). The summed E-state index contributed by atoms with van der Waals surface area (Å²) in [6.07, 6.45) is 2.64. The lowest BCUT2D eigenvalue weighted by atomic mass is 10.3. The molecule has 0 aliphatic heterocycles. The third-order valence-corrected chi connectivity index (χ3v) is 2.10. The minimum Gasteiger partial charge on any atom is -0.382 e. The summed E-state index contributed by atoms with van der Waals surface area (Å²) in [4.78, 5) is 4.23. The van der Waals surface area contributed by atoms with E-state index in [1.165, 1.54) is 0 Å². The van der Waals surface area contributed by atoms with E-state index >= 15 is 0 Å². The highest BCUT2D eigenvalue weighted by atomic mass is 15.2. The second kappa shape index (κ2) is 5.06. The van der Waals surface area contributed by atoms with Gasteiger partial charge in [0.25, 0.3) is 0 Å². The Labute approximate surface area is 93.7 Å². The molecule has 0 radical (unpaired) electrons. The molecule has 0 aliphatic rings. The number of hydrogen-bond donors (Lipinski definition) is 2. The van der Waals surface area contributed by atoms with E-state index < -0.39 is 0 Å². The fourth-order valence-corrected chi connectivity index (χ4v) is 1.30. The predicted octanol–water partition coefficient (Wildman–Crippen LogP) is 1.11. The van der Waals surface area contributed by atoms with Crippen LogP contribution in [0.4, 0.5) is 11.6 Å². The van der Waals surface area contributed by atoms with Crippen LogP contribution in [-0.2, 0) is 6.42 Å². The van der Waals surface area contributed by atoms with Gasteiger partial charge in [-0.05, 0) is 24.3 Å². The zero-order valence-electron chi connectivity index (χ0n) is 8.80. The van der Waals surface area contributed by atoms with Crippen LogP contribution in [0.5, 0.6) is 0 Å². The Hall–Kier alpha value is -2.17. The summed E-state index contributed by atoms with van der Waals surface area (Å²) in [6, 6.07) is 9.40. The van der Waals surface area contributed by atoms with Crippen LogP contribution < -0.4 is 11.1 Å². The molecular formula is C11H13N5. The highest BCUT2D eigenvalue weighted by molar-refractivity contribution is 5.38. The second-order valence-electron chi connectivity index (χ2n) is 3.34. The zero-order chi connectivity index (χ0) is 11.2. The molecule has 2 heterocycles. The Morgan fingerprint density at radius 2 is 2.06 bits per heavy atom. The molecular weight excluding hydrogens is 202 g/mol. The Kier molecular flexibility index (Phi) is 3.28. The first kappa shape index (κ1) is 10.4.